The highest BCUT2D eigenvalue weighted by molar-refractivity contribution is 5.95. The number of rotatable bonds is 4. The topological polar surface area (TPSA) is 62.5 Å². The minimum absolute atomic E-state index is 0.178. The number of amides is 1. The van der Waals surface area contributed by atoms with Crippen LogP contribution in [0, 0.1) is 12.8 Å². The standard InChI is InChI=1S/C15H23NO3/c1-11-13(8-9-19-11)14(17)16-10-15(2,18)12-6-4-3-5-7-12/h8-9,12,18H,3-7,10H2,1-2H3,(H,16,17)/t15-/m0/s1. The molecule has 0 unspecified atom stereocenters. The van der Waals surface area contributed by atoms with Crippen LogP contribution in [0.4, 0.5) is 0 Å². The van der Waals surface area contributed by atoms with E-state index in [4.69, 9.17) is 4.42 Å². The molecule has 1 amide bonds. The lowest BCUT2D eigenvalue weighted by atomic mass is 9.78. The smallest absolute Gasteiger partial charge is 0.254 e. The Kier molecular flexibility index (Phi) is 4.30. The van der Waals surface area contributed by atoms with E-state index in [1.165, 1.54) is 25.5 Å². The molecule has 0 spiro atoms. The Balaban J connectivity index is 1.90. The first-order valence-corrected chi connectivity index (χ1v) is 7.05. The van der Waals surface area contributed by atoms with E-state index in [9.17, 15) is 9.90 Å². The lowest BCUT2D eigenvalue weighted by Gasteiger charge is -2.35. The maximum Gasteiger partial charge on any atom is 0.254 e. The van der Waals surface area contributed by atoms with Crippen molar-refractivity contribution in [3.8, 4) is 0 Å². The van der Waals surface area contributed by atoms with E-state index in [-0.39, 0.29) is 11.8 Å². The summed E-state index contributed by atoms with van der Waals surface area (Å²) in [6, 6.07) is 1.65. The van der Waals surface area contributed by atoms with E-state index in [0.29, 0.717) is 17.9 Å². The van der Waals surface area contributed by atoms with Gasteiger partial charge in [-0.1, -0.05) is 19.3 Å². The van der Waals surface area contributed by atoms with Crippen LogP contribution in [-0.2, 0) is 0 Å². The highest BCUT2D eigenvalue weighted by Crippen LogP contribution is 2.32. The van der Waals surface area contributed by atoms with Crippen LogP contribution >= 0.6 is 0 Å². The third kappa shape index (κ3) is 3.38. The fraction of sp³-hybridized carbons (Fsp3) is 0.667. The zero-order valence-corrected chi connectivity index (χ0v) is 11.7. The summed E-state index contributed by atoms with van der Waals surface area (Å²) < 4.78 is 5.11. The van der Waals surface area contributed by atoms with Gasteiger partial charge in [-0.15, -0.1) is 0 Å². The van der Waals surface area contributed by atoms with Crippen molar-refractivity contribution in [1.82, 2.24) is 5.32 Å². The van der Waals surface area contributed by atoms with Gasteiger partial charge in [0, 0.05) is 6.54 Å². The highest BCUT2D eigenvalue weighted by atomic mass is 16.3. The first-order chi connectivity index (χ1) is 9.00. The minimum atomic E-state index is -0.826. The summed E-state index contributed by atoms with van der Waals surface area (Å²) in [5.74, 6) is 0.712. The number of hydrogen-bond donors (Lipinski definition) is 2. The van der Waals surface area contributed by atoms with Gasteiger partial charge < -0.3 is 14.8 Å². The third-order valence-electron chi connectivity index (χ3n) is 4.19. The van der Waals surface area contributed by atoms with Crippen LogP contribution in [-0.4, -0.2) is 23.2 Å². The summed E-state index contributed by atoms with van der Waals surface area (Å²) in [6.07, 6.45) is 7.21. The minimum Gasteiger partial charge on any atom is -0.469 e. The van der Waals surface area contributed by atoms with Crippen molar-refractivity contribution < 1.29 is 14.3 Å². The number of nitrogens with one attached hydrogen (secondary N) is 1. The number of hydrogen-bond acceptors (Lipinski definition) is 3. The summed E-state index contributed by atoms with van der Waals surface area (Å²) in [5.41, 5.74) is -0.285. The average Bonchev–Trinajstić information content (AvgIpc) is 2.83. The van der Waals surface area contributed by atoms with Gasteiger partial charge >= 0.3 is 0 Å². The van der Waals surface area contributed by atoms with Crippen LogP contribution in [0.5, 0.6) is 0 Å². The first kappa shape index (κ1) is 14.1. The van der Waals surface area contributed by atoms with Gasteiger partial charge in [-0.25, -0.2) is 0 Å². The average molecular weight is 265 g/mol. The number of aliphatic hydroxyl groups is 1. The van der Waals surface area contributed by atoms with Gasteiger partial charge in [-0.3, -0.25) is 4.79 Å². The molecule has 19 heavy (non-hydrogen) atoms. The summed E-state index contributed by atoms with van der Waals surface area (Å²) >= 11 is 0. The predicted molar refractivity (Wildman–Crippen MR) is 73.0 cm³/mol. The van der Waals surface area contributed by atoms with Crippen molar-refractivity contribution >= 4 is 5.91 Å². The molecule has 1 atom stereocenters. The van der Waals surface area contributed by atoms with Crippen molar-refractivity contribution in [2.45, 2.75) is 51.6 Å². The second kappa shape index (κ2) is 5.78. The molecule has 0 radical (unpaired) electrons. The van der Waals surface area contributed by atoms with Crippen molar-refractivity contribution in [3.63, 3.8) is 0 Å². The van der Waals surface area contributed by atoms with Gasteiger partial charge in [0.05, 0.1) is 17.4 Å². The predicted octanol–water partition coefficient (Wildman–Crippen LogP) is 2.65. The molecule has 0 bridgehead atoms. The Morgan fingerprint density at radius 3 is 2.74 bits per heavy atom. The Morgan fingerprint density at radius 1 is 1.47 bits per heavy atom. The van der Waals surface area contributed by atoms with Crippen molar-refractivity contribution in [3.05, 3.63) is 23.7 Å². The van der Waals surface area contributed by atoms with Crippen molar-refractivity contribution in [1.29, 1.82) is 0 Å². The number of carbonyl (C=O) groups is 1. The zero-order chi connectivity index (χ0) is 13.9. The molecule has 0 aromatic carbocycles. The van der Waals surface area contributed by atoms with Crippen molar-refractivity contribution in [2.24, 2.45) is 5.92 Å². The molecule has 1 aliphatic rings. The molecule has 4 nitrogen and oxygen atoms in total. The van der Waals surface area contributed by atoms with Crippen LogP contribution in [0.1, 0.15) is 55.1 Å². The van der Waals surface area contributed by atoms with Gasteiger partial charge in [-0.2, -0.15) is 0 Å². The molecule has 1 heterocycles. The Labute approximate surface area is 114 Å². The van der Waals surface area contributed by atoms with E-state index in [1.807, 2.05) is 6.92 Å². The molecular weight excluding hydrogens is 242 g/mol. The SMILES string of the molecule is Cc1occc1C(=O)NC[C@](C)(O)C1CCCCC1. The molecule has 106 valence electrons. The molecule has 1 aliphatic carbocycles. The third-order valence-corrected chi connectivity index (χ3v) is 4.19. The fourth-order valence-corrected chi connectivity index (χ4v) is 2.84. The second-order valence-corrected chi connectivity index (χ2v) is 5.77. The van der Waals surface area contributed by atoms with E-state index in [2.05, 4.69) is 5.32 Å². The zero-order valence-electron chi connectivity index (χ0n) is 11.7. The normalized spacial score (nSPS) is 19.9. The quantitative estimate of drug-likeness (QED) is 0.879. The van der Waals surface area contributed by atoms with E-state index >= 15 is 0 Å². The molecule has 1 fully saturated rings. The summed E-state index contributed by atoms with van der Waals surface area (Å²) in [4.78, 5) is 12.0. The van der Waals surface area contributed by atoms with Crippen LogP contribution in [0.15, 0.2) is 16.7 Å². The van der Waals surface area contributed by atoms with Gasteiger partial charge in [0.1, 0.15) is 5.76 Å². The monoisotopic (exact) mass is 265 g/mol. The summed E-state index contributed by atoms with van der Waals surface area (Å²) in [6.45, 7) is 3.88. The molecule has 0 saturated heterocycles. The molecule has 1 aromatic heterocycles. The Bertz CT molecular complexity index is 430. The molecule has 4 heteroatoms. The maximum absolute atomic E-state index is 12.0. The van der Waals surface area contributed by atoms with Gasteiger partial charge in [-0.05, 0) is 38.7 Å². The van der Waals surface area contributed by atoms with Crippen LogP contribution in [0.25, 0.3) is 0 Å². The Hall–Kier alpha value is -1.29. The van der Waals surface area contributed by atoms with Crippen LogP contribution < -0.4 is 5.32 Å². The van der Waals surface area contributed by atoms with Crippen LogP contribution in [0.2, 0.25) is 0 Å². The molecular formula is C15H23NO3. The lowest BCUT2D eigenvalue weighted by Crippen LogP contribution is -2.46. The molecule has 2 N–H and O–H groups in total. The highest BCUT2D eigenvalue weighted by Gasteiger charge is 2.33. The largest absolute Gasteiger partial charge is 0.469 e. The van der Waals surface area contributed by atoms with E-state index in [1.54, 1.807) is 13.0 Å². The van der Waals surface area contributed by atoms with E-state index < -0.39 is 5.60 Å². The molecule has 0 aliphatic heterocycles. The number of aryl methyl sites for hydroxylation is 1. The van der Waals surface area contributed by atoms with Gasteiger partial charge in [0.25, 0.3) is 5.91 Å². The molecule has 2 rings (SSSR count). The van der Waals surface area contributed by atoms with Gasteiger partial charge in [0.2, 0.25) is 0 Å². The number of carbonyl (C=O) groups excluding carboxylic acids is 1. The summed E-state index contributed by atoms with van der Waals surface area (Å²) in [7, 11) is 0. The maximum atomic E-state index is 12.0. The number of furan rings is 1. The first-order valence-electron chi connectivity index (χ1n) is 7.05. The Morgan fingerprint density at radius 2 is 2.16 bits per heavy atom. The molecule has 1 aromatic rings. The fourth-order valence-electron chi connectivity index (χ4n) is 2.84. The second-order valence-electron chi connectivity index (χ2n) is 5.77. The van der Waals surface area contributed by atoms with Crippen molar-refractivity contribution in [2.75, 3.05) is 6.54 Å². The molecule has 1 saturated carbocycles. The lowest BCUT2D eigenvalue weighted by molar-refractivity contribution is -0.0143. The van der Waals surface area contributed by atoms with Crippen LogP contribution in [0.3, 0.4) is 0 Å². The summed E-state index contributed by atoms with van der Waals surface area (Å²) in [5, 5.41) is 13.3. The van der Waals surface area contributed by atoms with Gasteiger partial charge in [0.15, 0.2) is 0 Å². The van der Waals surface area contributed by atoms with E-state index in [0.717, 1.165) is 12.8 Å².